The summed E-state index contributed by atoms with van der Waals surface area (Å²) in [6.45, 7) is 0.371. The molecule has 0 bridgehead atoms. The predicted molar refractivity (Wildman–Crippen MR) is 66.0 cm³/mol. The zero-order valence-corrected chi connectivity index (χ0v) is 9.51. The van der Waals surface area contributed by atoms with E-state index >= 15 is 0 Å². The Balaban J connectivity index is 1.81. The highest BCUT2D eigenvalue weighted by Gasteiger charge is 2.11. The van der Waals surface area contributed by atoms with E-state index in [0.717, 1.165) is 16.7 Å². The second kappa shape index (κ2) is 4.37. The zero-order chi connectivity index (χ0) is 12.4. The Morgan fingerprint density at radius 1 is 1.33 bits per heavy atom. The molecule has 0 radical (unpaired) electrons. The van der Waals surface area contributed by atoms with Crippen molar-refractivity contribution < 1.29 is 9.21 Å². The number of furan rings is 1. The molecular weight excluding hydrogens is 230 g/mol. The van der Waals surface area contributed by atoms with E-state index in [1.54, 1.807) is 24.6 Å². The molecule has 5 heteroatoms. The van der Waals surface area contributed by atoms with E-state index in [1.165, 1.54) is 0 Å². The molecule has 0 atom stereocenters. The molecule has 0 unspecified atom stereocenters. The Kier molecular flexibility index (Phi) is 2.57. The van der Waals surface area contributed by atoms with Crippen LogP contribution >= 0.6 is 0 Å². The van der Waals surface area contributed by atoms with Crippen LogP contribution in [0.25, 0.3) is 10.9 Å². The molecule has 0 aliphatic heterocycles. The van der Waals surface area contributed by atoms with Crippen molar-refractivity contribution in [1.29, 1.82) is 0 Å². The first kappa shape index (κ1) is 10.6. The second-order valence-electron chi connectivity index (χ2n) is 3.90. The summed E-state index contributed by atoms with van der Waals surface area (Å²) in [6, 6.07) is 9.11. The Morgan fingerprint density at radius 2 is 2.28 bits per heavy atom. The highest BCUT2D eigenvalue weighted by molar-refractivity contribution is 6.05. The highest BCUT2D eigenvalue weighted by Crippen LogP contribution is 2.15. The van der Waals surface area contributed by atoms with Crippen molar-refractivity contribution in [3.63, 3.8) is 0 Å². The number of carbonyl (C=O) groups is 1. The molecule has 2 N–H and O–H groups in total. The van der Waals surface area contributed by atoms with Crippen LogP contribution in [0, 0.1) is 0 Å². The van der Waals surface area contributed by atoms with Gasteiger partial charge in [-0.15, -0.1) is 0 Å². The standard InChI is InChI=1S/C13H11N3O2/c17-13(14-8-10-4-2-6-18-10)11-5-1-3-9-7-15-16-12(9)11/h1-7H,8H2,(H,14,17)(H,15,16). The Morgan fingerprint density at radius 3 is 3.11 bits per heavy atom. The molecule has 3 aromatic rings. The minimum Gasteiger partial charge on any atom is -0.467 e. The van der Waals surface area contributed by atoms with Crippen molar-refractivity contribution in [3.8, 4) is 0 Å². The number of H-pyrrole nitrogens is 1. The fraction of sp³-hybridized carbons (Fsp3) is 0.0769. The van der Waals surface area contributed by atoms with Crippen LogP contribution < -0.4 is 5.32 Å². The number of aromatic nitrogens is 2. The largest absolute Gasteiger partial charge is 0.467 e. The summed E-state index contributed by atoms with van der Waals surface area (Å²) >= 11 is 0. The van der Waals surface area contributed by atoms with Gasteiger partial charge < -0.3 is 9.73 Å². The third kappa shape index (κ3) is 1.86. The number of para-hydroxylation sites is 1. The third-order valence-corrected chi connectivity index (χ3v) is 2.72. The van der Waals surface area contributed by atoms with Crippen LogP contribution in [0.3, 0.4) is 0 Å². The lowest BCUT2D eigenvalue weighted by atomic mass is 10.1. The van der Waals surface area contributed by atoms with E-state index in [0.29, 0.717) is 12.1 Å². The van der Waals surface area contributed by atoms with Gasteiger partial charge in [0.25, 0.3) is 5.91 Å². The number of aromatic amines is 1. The molecule has 1 aromatic carbocycles. The molecule has 0 spiro atoms. The summed E-state index contributed by atoms with van der Waals surface area (Å²) in [4.78, 5) is 12.1. The third-order valence-electron chi connectivity index (χ3n) is 2.72. The molecule has 2 heterocycles. The normalized spacial score (nSPS) is 10.7. The molecule has 0 saturated carbocycles. The Bertz CT molecular complexity index is 670. The first-order chi connectivity index (χ1) is 8.84. The van der Waals surface area contributed by atoms with Crippen LogP contribution in [-0.2, 0) is 6.54 Å². The minimum atomic E-state index is -0.152. The van der Waals surface area contributed by atoms with E-state index in [4.69, 9.17) is 4.42 Å². The van der Waals surface area contributed by atoms with E-state index in [-0.39, 0.29) is 5.91 Å². The number of amides is 1. The SMILES string of the molecule is O=C(NCc1ccco1)c1cccc2cn[nH]c12. The molecule has 0 saturated heterocycles. The number of benzene rings is 1. The van der Waals surface area contributed by atoms with Gasteiger partial charge in [0, 0.05) is 5.39 Å². The van der Waals surface area contributed by atoms with E-state index in [2.05, 4.69) is 15.5 Å². The number of hydrogen-bond donors (Lipinski definition) is 2. The smallest absolute Gasteiger partial charge is 0.253 e. The molecule has 5 nitrogen and oxygen atoms in total. The highest BCUT2D eigenvalue weighted by atomic mass is 16.3. The summed E-state index contributed by atoms with van der Waals surface area (Å²) in [5.74, 6) is 0.571. The van der Waals surface area contributed by atoms with Crippen LogP contribution in [0.1, 0.15) is 16.1 Å². The van der Waals surface area contributed by atoms with Crippen molar-refractivity contribution in [3.05, 3.63) is 54.1 Å². The molecule has 0 aliphatic carbocycles. The van der Waals surface area contributed by atoms with Gasteiger partial charge in [0.1, 0.15) is 5.76 Å². The van der Waals surface area contributed by atoms with Gasteiger partial charge in [0.2, 0.25) is 0 Å². The van der Waals surface area contributed by atoms with Gasteiger partial charge in [-0.25, -0.2) is 0 Å². The first-order valence-electron chi connectivity index (χ1n) is 5.57. The van der Waals surface area contributed by atoms with Gasteiger partial charge in [-0.05, 0) is 18.2 Å². The maximum Gasteiger partial charge on any atom is 0.253 e. The monoisotopic (exact) mass is 241 g/mol. The van der Waals surface area contributed by atoms with Crippen LogP contribution in [0.5, 0.6) is 0 Å². The maximum atomic E-state index is 12.1. The topological polar surface area (TPSA) is 70.9 Å². The lowest BCUT2D eigenvalue weighted by Gasteiger charge is -2.04. The fourth-order valence-electron chi connectivity index (χ4n) is 1.83. The van der Waals surface area contributed by atoms with Crippen molar-refractivity contribution in [2.75, 3.05) is 0 Å². The lowest BCUT2D eigenvalue weighted by Crippen LogP contribution is -2.22. The van der Waals surface area contributed by atoms with E-state index < -0.39 is 0 Å². The fourth-order valence-corrected chi connectivity index (χ4v) is 1.83. The molecule has 1 amide bonds. The van der Waals surface area contributed by atoms with Gasteiger partial charge in [-0.2, -0.15) is 5.10 Å². The Hall–Kier alpha value is -2.56. The number of rotatable bonds is 3. The summed E-state index contributed by atoms with van der Waals surface area (Å²) in [5.41, 5.74) is 1.33. The van der Waals surface area contributed by atoms with Gasteiger partial charge >= 0.3 is 0 Å². The summed E-state index contributed by atoms with van der Waals surface area (Å²) in [6.07, 6.45) is 3.27. The maximum absolute atomic E-state index is 12.1. The average Bonchev–Trinajstić information content (AvgIpc) is 3.05. The number of fused-ring (bicyclic) bond motifs is 1. The van der Waals surface area contributed by atoms with Crippen molar-refractivity contribution in [1.82, 2.24) is 15.5 Å². The average molecular weight is 241 g/mol. The van der Waals surface area contributed by atoms with Gasteiger partial charge in [-0.3, -0.25) is 9.89 Å². The summed E-state index contributed by atoms with van der Waals surface area (Å²) in [7, 11) is 0. The van der Waals surface area contributed by atoms with E-state index in [1.807, 2.05) is 18.2 Å². The number of nitrogens with one attached hydrogen (secondary N) is 2. The van der Waals surface area contributed by atoms with Crippen LogP contribution in [-0.4, -0.2) is 16.1 Å². The first-order valence-corrected chi connectivity index (χ1v) is 5.57. The van der Waals surface area contributed by atoms with Crippen molar-refractivity contribution in [2.45, 2.75) is 6.54 Å². The van der Waals surface area contributed by atoms with E-state index in [9.17, 15) is 4.79 Å². The molecule has 2 aromatic heterocycles. The Labute approximate surface area is 103 Å². The predicted octanol–water partition coefficient (Wildman–Crippen LogP) is 2.09. The van der Waals surface area contributed by atoms with Crippen molar-refractivity contribution in [2.24, 2.45) is 0 Å². The number of nitrogens with zero attached hydrogens (tertiary/aromatic N) is 1. The summed E-state index contributed by atoms with van der Waals surface area (Å²) in [5, 5.41) is 10.5. The van der Waals surface area contributed by atoms with Crippen LogP contribution in [0.2, 0.25) is 0 Å². The molecule has 0 fully saturated rings. The molecule has 0 aliphatic rings. The minimum absolute atomic E-state index is 0.152. The molecular formula is C13H11N3O2. The van der Waals surface area contributed by atoms with Gasteiger partial charge in [0.15, 0.2) is 0 Å². The zero-order valence-electron chi connectivity index (χ0n) is 9.51. The molecule has 3 rings (SSSR count). The number of carbonyl (C=O) groups excluding carboxylic acids is 1. The lowest BCUT2D eigenvalue weighted by molar-refractivity contribution is 0.0949. The van der Waals surface area contributed by atoms with Crippen molar-refractivity contribution >= 4 is 16.8 Å². The quantitative estimate of drug-likeness (QED) is 0.737. The number of hydrogen-bond acceptors (Lipinski definition) is 3. The van der Waals surface area contributed by atoms with Gasteiger partial charge in [-0.1, -0.05) is 12.1 Å². The molecule has 18 heavy (non-hydrogen) atoms. The molecule has 90 valence electrons. The van der Waals surface area contributed by atoms with Crippen LogP contribution in [0.4, 0.5) is 0 Å². The summed E-state index contributed by atoms with van der Waals surface area (Å²) < 4.78 is 5.16. The van der Waals surface area contributed by atoms with Gasteiger partial charge in [0.05, 0.1) is 30.1 Å². The second-order valence-corrected chi connectivity index (χ2v) is 3.90. The van der Waals surface area contributed by atoms with Crippen LogP contribution in [0.15, 0.2) is 47.2 Å².